The quantitative estimate of drug-likeness (QED) is 0.539. The van der Waals surface area contributed by atoms with Crippen molar-refractivity contribution in [3.05, 3.63) is 0 Å². The topological polar surface area (TPSA) is 12.0 Å². The summed E-state index contributed by atoms with van der Waals surface area (Å²) in [5.74, 6) is 2.07. The van der Waals surface area contributed by atoms with Gasteiger partial charge in [-0.3, -0.25) is 0 Å². The van der Waals surface area contributed by atoms with Crippen molar-refractivity contribution in [2.75, 3.05) is 6.54 Å². The minimum atomic E-state index is 0.427. The van der Waals surface area contributed by atoms with Gasteiger partial charge in [-0.05, 0) is 51.5 Å². The summed E-state index contributed by atoms with van der Waals surface area (Å²) in [5, 5.41) is 3.61. The molecule has 2 bridgehead atoms. The highest BCUT2D eigenvalue weighted by atomic mass is 15.0. The molecule has 0 amide bonds. The first kappa shape index (κ1) is 6.66. The third kappa shape index (κ3) is 1.07. The Bertz CT molecular complexity index is 134. The van der Waals surface area contributed by atoms with E-state index >= 15 is 0 Å². The third-order valence-electron chi connectivity index (χ3n) is 3.00. The molecule has 0 radical (unpaired) electrons. The fraction of sp³-hybridized carbons (Fsp3) is 1.00. The van der Waals surface area contributed by atoms with E-state index in [1.54, 1.807) is 0 Å². The molecule has 0 aromatic carbocycles. The molecule has 58 valence electrons. The summed E-state index contributed by atoms with van der Waals surface area (Å²) in [6.45, 7) is 5.92. The van der Waals surface area contributed by atoms with Crippen LogP contribution in [0.1, 0.15) is 33.1 Å². The van der Waals surface area contributed by atoms with E-state index in [9.17, 15) is 0 Å². The summed E-state index contributed by atoms with van der Waals surface area (Å²) in [5.41, 5.74) is 0.427. The Morgan fingerprint density at radius 2 is 1.90 bits per heavy atom. The van der Waals surface area contributed by atoms with Crippen LogP contribution in [0.3, 0.4) is 0 Å². The van der Waals surface area contributed by atoms with Gasteiger partial charge in [-0.25, -0.2) is 0 Å². The van der Waals surface area contributed by atoms with Crippen LogP contribution in [0.2, 0.25) is 0 Å². The zero-order valence-electron chi connectivity index (χ0n) is 6.98. The molecule has 3 rings (SSSR count). The van der Waals surface area contributed by atoms with Crippen molar-refractivity contribution in [3.8, 4) is 0 Å². The number of hydrogen-bond donors (Lipinski definition) is 1. The molecule has 0 aromatic heterocycles. The molecule has 3 aliphatic rings. The lowest BCUT2D eigenvalue weighted by atomic mass is 9.72. The van der Waals surface area contributed by atoms with Gasteiger partial charge in [0.1, 0.15) is 0 Å². The third-order valence-corrected chi connectivity index (χ3v) is 3.00. The first-order valence-corrected chi connectivity index (χ1v) is 4.41. The average Bonchev–Trinajstić information content (AvgIpc) is 1.91. The van der Waals surface area contributed by atoms with E-state index in [1.165, 1.54) is 25.8 Å². The molecule has 0 spiro atoms. The zero-order valence-corrected chi connectivity index (χ0v) is 6.98. The highest BCUT2D eigenvalue weighted by Crippen LogP contribution is 2.41. The predicted molar refractivity (Wildman–Crippen MR) is 42.9 cm³/mol. The van der Waals surface area contributed by atoms with E-state index in [4.69, 9.17) is 0 Å². The van der Waals surface area contributed by atoms with E-state index in [2.05, 4.69) is 19.2 Å². The van der Waals surface area contributed by atoms with Gasteiger partial charge < -0.3 is 5.32 Å². The Morgan fingerprint density at radius 1 is 1.20 bits per heavy atom. The van der Waals surface area contributed by atoms with Crippen LogP contribution in [0.15, 0.2) is 0 Å². The lowest BCUT2D eigenvalue weighted by molar-refractivity contribution is 0.202. The van der Waals surface area contributed by atoms with E-state index in [0.717, 1.165) is 11.8 Å². The molecule has 2 aliphatic heterocycles. The van der Waals surface area contributed by atoms with Gasteiger partial charge in [0, 0.05) is 5.54 Å². The molecule has 10 heavy (non-hydrogen) atoms. The second kappa shape index (κ2) is 1.97. The molecule has 1 N–H and O–H groups in total. The van der Waals surface area contributed by atoms with Crippen molar-refractivity contribution in [2.24, 2.45) is 11.8 Å². The van der Waals surface area contributed by atoms with Gasteiger partial charge in [0.25, 0.3) is 0 Å². The average molecular weight is 139 g/mol. The van der Waals surface area contributed by atoms with Gasteiger partial charge in [0.05, 0.1) is 0 Å². The van der Waals surface area contributed by atoms with Gasteiger partial charge in [-0.15, -0.1) is 0 Å². The van der Waals surface area contributed by atoms with Crippen LogP contribution in [0.4, 0.5) is 0 Å². The van der Waals surface area contributed by atoms with Crippen molar-refractivity contribution in [3.63, 3.8) is 0 Å². The largest absolute Gasteiger partial charge is 0.312 e. The predicted octanol–water partition coefficient (Wildman–Crippen LogP) is 1.78. The Balaban J connectivity index is 2.03. The number of rotatable bonds is 0. The Kier molecular flexibility index (Phi) is 1.31. The fourth-order valence-corrected chi connectivity index (χ4v) is 2.42. The normalized spacial score (nSPS) is 43.8. The molecular weight excluding hydrogens is 122 g/mol. The van der Waals surface area contributed by atoms with Crippen molar-refractivity contribution in [1.29, 1.82) is 0 Å². The van der Waals surface area contributed by atoms with Crippen LogP contribution in [0.5, 0.6) is 0 Å². The molecule has 1 aliphatic carbocycles. The number of nitrogens with one attached hydrogen (secondary N) is 1. The SMILES string of the molecule is CC1(C)CC2CC(CN1)C2. The van der Waals surface area contributed by atoms with Gasteiger partial charge in [0.15, 0.2) is 0 Å². The standard InChI is InChI=1S/C9H17N/c1-9(2)5-7-3-8(4-7)6-10-9/h7-8,10H,3-6H2,1-2H3. The molecule has 1 saturated carbocycles. The van der Waals surface area contributed by atoms with Crippen molar-refractivity contribution < 1.29 is 0 Å². The molecule has 3 fully saturated rings. The van der Waals surface area contributed by atoms with Crippen LogP contribution < -0.4 is 5.32 Å². The van der Waals surface area contributed by atoms with Crippen molar-refractivity contribution >= 4 is 0 Å². The molecule has 2 saturated heterocycles. The molecule has 1 nitrogen and oxygen atoms in total. The van der Waals surface area contributed by atoms with Crippen molar-refractivity contribution in [2.45, 2.75) is 38.6 Å². The van der Waals surface area contributed by atoms with Crippen LogP contribution in [-0.4, -0.2) is 12.1 Å². The Hall–Kier alpha value is -0.0400. The molecule has 0 atom stereocenters. The van der Waals surface area contributed by atoms with Crippen molar-refractivity contribution in [1.82, 2.24) is 5.32 Å². The summed E-state index contributed by atoms with van der Waals surface area (Å²) < 4.78 is 0. The Morgan fingerprint density at radius 3 is 2.60 bits per heavy atom. The number of hydrogen-bond acceptors (Lipinski definition) is 1. The lowest BCUT2D eigenvalue weighted by Gasteiger charge is -2.32. The van der Waals surface area contributed by atoms with E-state index < -0.39 is 0 Å². The summed E-state index contributed by atoms with van der Waals surface area (Å²) >= 11 is 0. The van der Waals surface area contributed by atoms with Gasteiger partial charge >= 0.3 is 0 Å². The second-order valence-electron chi connectivity index (χ2n) is 4.67. The fourth-order valence-electron chi connectivity index (χ4n) is 2.42. The summed E-state index contributed by atoms with van der Waals surface area (Å²) in [6.07, 6.45) is 4.39. The minimum absolute atomic E-state index is 0.427. The molecule has 1 heteroatoms. The highest BCUT2D eigenvalue weighted by molar-refractivity contribution is 4.93. The summed E-state index contributed by atoms with van der Waals surface area (Å²) in [4.78, 5) is 0. The summed E-state index contributed by atoms with van der Waals surface area (Å²) in [7, 11) is 0. The number of fused-ring (bicyclic) bond motifs is 3. The van der Waals surface area contributed by atoms with E-state index in [-0.39, 0.29) is 0 Å². The molecular formula is C9H17N. The van der Waals surface area contributed by atoms with E-state index in [0.29, 0.717) is 5.54 Å². The monoisotopic (exact) mass is 139 g/mol. The van der Waals surface area contributed by atoms with Gasteiger partial charge in [-0.1, -0.05) is 0 Å². The van der Waals surface area contributed by atoms with Gasteiger partial charge in [0.2, 0.25) is 0 Å². The Labute approximate surface area is 63.2 Å². The summed E-state index contributed by atoms with van der Waals surface area (Å²) in [6, 6.07) is 0. The first-order valence-electron chi connectivity index (χ1n) is 4.41. The molecule has 2 heterocycles. The van der Waals surface area contributed by atoms with Crippen LogP contribution in [-0.2, 0) is 0 Å². The smallest absolute Gasteiger partial charge is 0.0127 e. The highest BCUT2D eigenvalue weighted by Gasteiger charge is 2.37. The van der Waals surface area contributed by atoms with Crippen LogP contribution >= 0.6 is 0 Å². The molecule has 0 aromatic rings. The maximum absolute atomic E-state index is 3.61. The second-order valence-corrected chi connectivity index (χ2v) is 4.67. The van der Waals surface area contributed by atoms with E-state index in [1.807, 2.05) is 0 Å². The van der Waals surface area contributed by atoms with Gasteiger partial charge in [-0.2, -0.15) is 0 Å². The lowest BCUT2D eigenvalue weighted by Crippen LogP contribution is -2.38. The van der Waals surface area contributed by atoms with Crippen LogP contribution in [0.25, 0.3) is 0 Å². The zero-order chi connectivity index (χ0) is 7.19. The first-order chi connectivity index (χ1) is 4.66. The van der Waals surface area contributed by atoms with Crippen LogP contribution in [0, 0.1) is 11.8 Å². The maximum Gasteiger partial charge on any atom is 0.0127 e. The molecule has 0 unspecified atom stereocenters. The maximum atomic E-state index is 3.61. The minimum Gasteiger partial charge on any atom is -0.312 e.